The predicted molar refractivity (Wildman–Crippen MR) is 116 cm³/mol. The van der Waals surface area contributed by atoms with Crippen molar-refractivity contribution in [3.05, 3.63) is 59.0 Å². The van der Waals surface area contributed by atoms with E-state index < -0.39 is 0 Å². The third kappa shape index (κ3) is 4.31. The van der Waals surface area contributed by atoms with Gasteiger partial charge in [-0.3, -0.25) is 9.69 Å². The molecule has 0 aliphatic carbocycles. The van der Waals surface area contributed by atoms with E-state index in [0.717, 1.165) is 28.3 Å². The van der Waals surface area contributed by atoms with Crippen LogP contribution in [0.2, 0.25) is 0 Å². The van der Waals surface area contributed by atoms with Gasteiger partial charge in [-0.05, 0) is 54.6 Å². The molecule has 0 radical (unpaired) electrons. The van der Waals surface area contributed by atoms with Gasteiger partial charge in [-0.2, -0.15) is 0 Å². The van der Waals surface area contributed by atoms with Crippen LogP contribution in [0.3, 0.4) is 0 Å². The molecule has 0 N–H and O–H groups in total. The molecule has 2 aromatic carbocycles. The summed E-state index contributed by atoms with van der Waals surface area (Å²) < 4.78 is 6.15. The van der Waals surface area contributed by atoms with Crippen LogP contribution in [0.25, 0.3) is 6.08 Å². The fourth-order valence-corrected chi connectivity index (χ4v) is 4.22. The molecule has 3 rings (SSSR count). The van der Waals surface area contributed by atoms with Crippen molar-refractivity contribution >= 4 is 57.7 Å². The lowest BCUT2D eigenvalue weighted by atomic mass is 10.2. The molecule has 26 heavy (non-hydrogen) atoms. The van der Waals surface area contributed by atoms with E-state index in [1.165, 1.54) is 11.8 Å². The Morgan fingerprint density at radius 2 is 2.00 bits per heavy atom. The third-order valence-electron chi connectivity index (χ3n) is 3.76. The number of thiocarbonyl (C=S) groups is 1. The zero-order valence-corrected chi connectivity index (χ0v) is 17.0. The minimum absolute atomic E-state index is 0.0791. The predicted octanol–water partition coefficient (Wildman–Crippen LogP) is 5.60. The number of anilines is 1. The Morgan fingerprint density at radius 1 is 1.23 bits per heavy atom. The number of carbonyl (C=O) groups excluding carboxylic acids is 1. The van der Waals surface area contributed by atoms with Crippen LogP contribution < -0.4 is 9.64 Å². The van der Waals surface area contributed by atoms with E-state index in [4.69, 9.17) is 17.0 Å². The van der Waals surface area contributed by atoms with Crippen molar-refractivity contribution < 1.29 is 9.53 Å². The van der Waals surface area contributed by atoms with Crippen molar-refractivity contribution in [2.75, 3.05) is 17.8 Å². The molecule has 1 aliphatic heterocycles. The number of amides is 1. The largest absolute Gasteiger partial charge is 0.494 e. The maximum Gasteiger partial charge on any atom is 0.270 e. The van der Waals surface area contributed by atoms with E-state index >= 15 is 0 Å². The summed E-state index contributed by atoms with van der Waals surface area (Å²) >= 11 is 8.42. The Labute approximate surface area is 167 Å². The summed E-state index contributed by atoms with van der Waals surface area (Å²) in [6.45, 7) is 2.78. The molecule has 0 saturated carbocycles. The Kier molecular flexibility index (Phi) is 6.40. The SMILES string of the molecule is CCCOc1ccc(/C=C2\SC(=S)N(c3cccc(SC)c3)C2=O)cc1. The van der Waals surface area contributed by atoms with Gasteiger partial charge in [0.25, 0.3) is 5.91 Å². The van der Waals surface area contributed by atoms with E-state index in [2.05, 4.69) is 6.92 Å². The Balaban J connectivity index is 1.80. The number of benzene rings is 2. The number of hydrogen-bond donors (Lipinski definition) is 0. The van der Waals surface area contributed by atoms with E-state index in [0.29, 0.717) is 15.8 Å². The standard InChI is InChI=1S/C20H19NO2S3/c1-3-11-23-16-9-7-14(8-10-16)12-18-19(22)21(20(24)26-18)15-5-4-6-17(13-15)25-2/h4-10,12-13H,3,11H2,1-2H3/b18-12-. The van der Waals surface area contributed by atoms with Crippen LogP contribution in [0.5, 0.6) is 5.75 Å². The average molecular weight is 402 g/mol. The molecule has 0 aromatic heterocycles. The lowest BCUT2D eigenvalue weighted by Crippen LogP contribution is -2.27. The normalized spacial score (nSPS) is 15.8. The second-order valence-electron chi connectivity index (χ2n) is 5.64. The first-order valence-corrected chi connectivity index (χ1v) is 10.7. The molecule has 1 fully saturated rings. The average Bonchev–Trinajstić information content (AvgIpc) is 2.94. The van der Waals surface area contributed by atoms with Crippen LogP contribution in [0, 0.1) is 0 Å². The Bertz CT molecular complexity index is 846. The minimum Gasteiger partial charge on any atom is -0.494 e. The second-order valence-corrected chi connectivity index (χ2v) is 8.19. The first kappa shape index (κ1) is 19.0. The molecule has 2 aromatic rings. The maximum atomic E-state index is 12.8. The topological polar surface area (TPSA) is 29.5 Å². The zero-order valence-electron chi connectivity index (χ0n) is 14.6. The number of ether oxygens (including phenoxy) is 1. The van der Waals surface area contributed by atoms with Gasteiger partial charge in [-0.25, -0.2) is 0 Å². The van der Waals surface area contributed by atoms with Crippen LogP contribution in [-0.4, -0.2) is 23.1 Å². The molecule has 0 unspecified atom stereocenters. The van der Waals surface area contributed by atoms with E-state index in [-0.39, 0.29) is 5.91 Å². The van der Waals surface area contributed by atoms with E-state index in [1.807, 2.05) is 60.9 Å². The highest BCUT2D eigenvalue weighted by Crippen LogP contribution is 2.37. The van der Waals surface area contributed by atoms with Gasteiger partial charge in [0, 0.05) is 4.90 Å². The molecular formula is C20H19NO2S3. The molecular weight excluding hydrogens is 382 g/mol. The van der Waals surface area contributed by atoms with Gasteiger partial charge in [-0.15, -0.1) is 11.8 Å². The monoisotopic (exact) mass is 401 g/mol. The molecule has 6 heteroatoms. The molecule has 1 aliphatic rings. The number of hydrogen-bond acceptors (Lipinski definition) is 5. The molecule has 1 saturated heterocycles. The number of thioether (sulfide) groups is 2. The van der Waals surface area contributed by atoms with E-state index in [9.17, 15) is 4.79 Å². The van der Waals surface area contributed by atoms with Crippen molar-refractivity contribution in [1.82, 2.24) is 0 Å². The lowest BCUT2D eigenvalue weighted by molar-refractivity contribution is -0.113. The highest BCUT2D eigenvalue weighted by atomic mass is 32.2. The quantitative estimate of drug-likeness (QED) is 0.357. The Hall–Kier alpha value is -1.76. The molecule has 0 bridgehead atoms. The van der Waals surface area contributed by atoms with Crippen LogP contribution >= 0.6 is 35.7 Å². The molecule has 1 heterocycles. The van der Waals surface area contributed by atoms with Crippen molar-refractivity contribution in [2.45, 2.75) is 18.2 Å². The summed E-state index contributed by atoms with van der Waals surface area (Å²) in [4.78, 5) is 16.2. The number of nitrogens with zero attached hydrogens (tertiary/aromatic N) is 1. The van der Waals surface area contributed by atoms with Gasteiger partial charge in [-0.1, -0.05) is 49.1 Å². The summed E-state index contributed by atoms with van der Waals surface area (Å²) in [7, 11) is 0. The summed E-state index contributed by atoms with van der Waals surface area (Å²) in [6.07, 6.45) is 4.86. The molecule has 0 spiro atoms. The summed E-state index contributed by atoms with van der Waals surface area (Å²) in [5, 5.41) is 0. The zero-order chi connectivity index (χ0) is 18.5. The maximum absolute atomic E-state index is 12.8. The summed E-state index contributed by atoms with van der Waals surface area (Å²) in [5.74, 6) is 0.759. The first-order chi connectivity index (χ1) is 12.6. The van der Waals surface area contributed by atoms with Crippen LogP contribution in [-0.2, 0) is 4.79 Å². The highest BCUT2D eigenvalue weighted by Gasteiger charge is 2.33. The van der Waals surface area contributed by atoms with Gasteiger partial charge >= 0.3 is 0 Å². The van der Waals surface area contributed by atoms with Crippen LogP contribution in [0.1, 0.15) is 18.9 Å². The van der Waals surface area contributed by atoms with Crippen LogP contribution in [0.15, 0.2) is 58.3 Å². The molecule has 3 nitrogen and oxygen atoms in total. The summed E-state index contributed by atoms with van der Waals surface area (Å²) in [6, 6.07) is 15.6. The highest BCUT2D eigenvalue weighted by molar-refractivity contribution is 8.27. The third-order valence-corrected chi connectivity index (χ3v) is 5.78. The van der Waals surface area contributed by atoms with Gasteiger partial charge in [0.2, 0.25) is 0 Å². The molecule has 1 amide bonds. The molecule has 134 valence electrons. The van der Waals surface area contributed by atoms with Gasteiger partial charge in [0.15, 0.2) is 4.32 Å². The number of rotatable bonds is 6. The summed E-state index contributed by atoms with van der Waals surface area (Å²) in [5.41, 5.74) is 1.76. The first-order valence-electron chi connectivity index (χ1n) is 8.27. The minimum atomic E-state index is -0.0791. The van der Waals surface area contributed by atoms with Crippen molar-refractivity contribution in [3.8, 4) is 5.75 Å². The van der Waals surface area contributed by atoms with Crippen molar-refractivity contribution in [1.29, 1.82) is 0 Å². The second kappa shape index (κ2) is 8.75. The molecule has 0 atom stereocenters. The fraction of sp³-hybridized carbons (Fsp3) is 0.200. The van der Waals surface area contributed by atoms with Crippen LogP contribution in [0.4, 0.5) is 5.69 Å². The lowest BCUT2D eigenvalue weighted by Gasteiger charge is -2.15. The Morgan fingerprint density at radius 3 is 2.69 bits per heavy atom. The van der Waals surface area contributed by atoms with Gasteiger partial charge < -0.3 is 4.74 Å². The van der Waals surface area contributed by atoms with Crippen molar-refractivity contribution in [3.63, 3.8) is 0 Å². The fourth-order valence-electron chi connectivity index (χ4n) is 2.47. The van der Waals surface area contributed by atoms with Gasteiger partial charge in [0.1, 0.15) is 5.75 Å². The van der Waals surface area contributed by atoms with E-state index in [1.54, 1.807) is 16.7 Å². The van der Waals surface area contributed by atoms with Crippen molar-refractivity contribution in [2.24, 2.45) is 0 Å². The number of carbonyl (C=O) groups is 1. The van der Waals surface area contributed by atoms with Gasteiger partial charge in [0.05, 0.1) is 17.2 Å². The smallest absolute Gasteiger partial charge is 0.270 e.